The molecule has 0 saturated heterocycles. The molecule has 0 aliphatic carbocycles. The van der Waals surface area contributed by atoms with Gasteiger partial charge in [-0.15, -0.1) is 0 Å². The quantitative estimate of drug-likeness (QED) is 0.808. The van der Waals surface area contributed by atoms with Gasteiger partial charge in [0.2, 0.25) is 0 Å². The zero-order chi connectivity index (χ0) is 11.3. The van der Waals surface area contributed by atoms with Gasteiger partial charge in [-0.05, 0) is 50.1 Å². The van der Waals surface area contributed by atoms with Gasteiger partial charge >= 0.3 is 0 Å². The summed E-state index contributed by atoms with van der Waals surface area (Å²) < 4.78 is 1.14. The molecule has 0 aromatic heterocycles. The van der Waals surface area contributed by atoms with Gasteiger partial charge in [0.1, 0.15) is 0 Å². The largest absolute Gasteiger partial charge is 0.328 e. The van der Waals surface area contributed by atoms with Crippen LogP contribution in [0.2, 0.25) is 0 Å². The Morgan fingerprint density at radius 3 is 2.87 bits per heavy atom. The van der Waals surface area contributed by atoms with E-state index in [1.54, 1.807) is 0 Å². The van der Waals surface area contributed by atoms with Crippen molar-refractivity contribution in [3.63, 3.8) is 0 Å². The lowest BCUT2D eigenvalue weighted by Crippen LogP contribution is -2.23. The molecule has 1 aromatic rings. The molecule has 1 atom stereocenters. The van der Waals surface area contributed by atoms with Crippen LogP contribution in [0.25, 0.3) is 0 Å². The summed E-state index contributed by atoms with van der Waals surface area (Å²) in [5.41, 5.74) is 8.35. The summed E-state index contributed by atoms with van der Waals surface area (Å²) in [6, 6.07) is 6.64. The summed E-state index contributed by atoms with van der Waals surface area (Å²) in [4.78, 5) is 0. The summed E-state index contributed by atoms with van der Waals surface area (Å²) in [6.45, 7) is 6.06. The van der Waals surface area contributed by atoms with Crippen LogP contribution in [-0.4, -0.2) is 12.6 Å². The molecule has 1 rings (SSSR count). The van der Waals surface area contributed by atoms with E-state index in [2.05, 4.69) is 46.4 Å². The average Bonchev–Trinajstić information content (AvgIpc) is 2.17. The fourth-order valence-corrected chi connectivity index (χ4v) is 1.79. The van der Waals surface area contributed by atoms with Crippen LogP contribution in [0.1, 0.15) is 24.5 Å². The molecule has 84 valence electrons. The van der Waals surface area contributed by atoms with E-state index in [4.69, 9.17) is 5.73 Å². The van der Waals surface area contributed by atoms with Crippen molar-refractivity contribution >= 4 is 15.9 Å². The maximum atomic E-state index is 5.68. The monoisotopic (exact) mass is 270 g/mol. The van der Waals surface area contributed by atoms with E-state index < -0.39 is 0 Å². The summed E-state index contributed by atoms with van der Waals surface area (Å²) in [5.74, 6) is 0. The molecule has 0 saturated carbocycles. The number of rotatable bonds is 5. The third-order valence-electron chi connectivity index (χ3n) is 2.40. The molecule has 2 nitrogen and oxygen atoms in total. The van der Waals surface area contributed by atoms with E-state index in [9.17, 15) is 0 Å². The predicted octanol–water partition coefficient (Wildman–Crippen LogP) is 2.58. The van der Waals surface area contributed by atoms with Gasteiger partial charge in [0.05, 0.1) is 0 Å². The number of hydrogen-bond acceptors (Lipinski definition) is 2. The average molecular weight is 271 g/mol. The standard InChI is InChI=1S/C12H19BrN2/c1-9-3-4-12(13)7-11(9)8-15-6-5-10(2)14/h3-4,7,10,15H,5-6,8,14H2,1-2H3. The second-order valence-electron chi connectivity index (χ2n) is 4.01. The van der Waals surface area contributed by atoms with Crippen molar-refractivity contribution in [2.24, 2.45) is 5.73 Å². The normalized spacial score (nSPS) is 12.8. The van der Waals surface area contributed by atoms with E-state index in [-0.39, 0.29) is 6.04 Å². The van der Waals surface area contributed by atoms with Crippen LogP contribution in [0, 0.1) is 6.92 Å². The minimum Gasteiger partial charge on any atom is -0.328 e. The molecule has 0 heterocycles. The minimum absolute atomic E-state index is 0.279. The Morgan fingerprint density at radius 1 is 1.47 bits per heavy atom. The zero-order valence-corrected chi connectivity index (χ0v) is 11.0. The molecule has 0 spiro atoms. The Bertz CT molecular complexity index is 310. The predicted molar refractivity (Wildman–Crippen MR) is 68.9 cm³/mol. The Morgan fingerprint density at radius 2 is 2.20 bits per heavy atom. The first-order valence-electron chi connectivity index (χ1n) is 5.31. The van der Waals surface area contributed by atoms with E-state index in [1.165, 1.54) is 11.1 Å². The van der Waals surface area contributed by atoms with Gasteiger partial charge in [-0.2, -0.15) is 0 Å². The molecule has 1 aromatic carbocycles. The van der Waals surface area contributed by atoms with Crippen LogP contribution in [0.5, 0.6) is 0 Å². The maximum Gasteiger partial charge on any atom is 0.0208 e. The second-order valence-corrected chi connectivity index (χ2v) is 4.93. The Kier molecular flexibility index (Phi) is 5.29. The molecule has 15 heavy (non-hydrogen) atoms. The van der Waals surface area contributed by atoms with Crippen molar-refractivity contribution < 1.29 is 0 Å². The first kappa shape index (κ1) is 12.7. The number of benzene rings is 1. The molecule has 0 aliphatic heterocycles. The van der Waals surface area contributed by atoms with Gasteiger partial charge < -0.3 is 11.1 Å². The molecule has 0 amide bonds. The lowest BCUT2D eigenvalue weighted by atomic mass is 10.1. The maximum absolute atomic E-state index is 5.68. The van der Waals surface area contributed by atoms with Gasteiger partial charge in [0.15, 0.2) is 0 Å². The third kappa shape index (κ3) is 4.78. The van der Waals surface area contributed by atoms with Crippen molar-refractivity contribution in [3.8, 4) is 0 Å². The van der Waals surface area contributed by atoms with Crippen LogP contribution < -0.4 is 11.1 Å². The van der Waals surface area contributed by atoms with E-state index in [0.29, 0.717) is 0 Å². The molecule has 3 heteroatoms. The van der Waals surface area contributed by atoms with E-state index >= 15 is 0 Å². The Balaban J connectivity index is 2.40. The topological polar surface area (TPSA) is 38.0 Å². The molecular weight excluding hydrogens is 252 g/mol. The van der Waals surface area contributed by atoms with Crippen LogP contribution in [0.4, 0.5) is 0 Å². The first-order chi connectivity index (χ1) is 7.09. The highest BCUT2D eigenvalue weighted by atomic mass is 79.9. The Labute approximate surface area is 100 Å². The van der Waals surface area contributed by atoms with Gasteiger partial charge in [0, 0.05) is 17.1 Å². The van der Waals surface area contributed by atoms with E-state index in [0.717, 1.165) is 24.0 Å². The van der Waals surface area contributed by atoms with Gasteiger partial charge in [-0.3, -0.25) is 0 Å². The molecule has 0 bridgehead atoms. The van der Waals surface area contributed by atoms with Crippen LogP contribution in [0.15, 0.2) is 22.7 Å². The molecular formula is C12H19BrN2. The van der Waals surface area contributed by atoms with Crippen molar-refractivity contribution in [2.45, 2.75) is 32.9 Å². The SMILES string of the molecule is Cc1ccc(Br)cc1CNCCC(C)N. The number of aryl methyl sites for hydroxylation is 1. The number of nitrogens with one attached hydrogen (secondary N) is 1. The molecule has 0 aliphatic rings. The zero-order valence-electron chi connectivity index (χ0n) is 9.39. The van der Waals surface area contributed by atoms with E-state index in [1.807, 2.05) is 6.92 Å². The molecule has 0 fully saturated rings. The second kappa shape index (κ2) is 6.26. The fourth-order valence-electron chi connectivity index (χ4n) is 1.38. The lowest BCUT2D eigenvalue weighted by Gasteiger charge is -2.09. The number of halogens is 1. The van der Waals surface area contributed by atoms with Crippen LogP contribution in [-0.2, 0) is 6.54 Å². The molecule has 1 unspecified atom stereocenters. The summed E-state index contributed by atoms with van der Waals surface area (Å²) in [7, 11) is 0. The van der Waals surface area contributed by atoms with Gasteiger partial charge in [-0.25, -0.2) is 0 Å². The smallest absolute Gasteiger partial charge is 0.0208 e. The van der Waals surface area contributed by atoms with Crippen LogP contribution in [0.3, 0.4) is 0 Å². The first-order valence-corrected chi connectivity index (χ1v) is 6.10. The van der Waals surface area contributed by atoms with Crippen molar-refractivity contribution in [1.82, 2.24) is 5.32 Å². The molecule has 0 radical (unpaired) electrons. The third-order valence-corrected chi connectivity index (χ3v) is 2.90. The summed E-state index contributed by atoms with van der Waals surface area (Å²) >= 11 is 3.48. The summed E-state index contributed by atoms with van der Waals surface area (Å²) in [6.07, 6.45) is 1.02. The minimum atomic E-state index is 0.279. The number of hydrogen-bond donors (Lipinski definition) is 2. The fraction of sp³-hybridized carbons (Fsp3) is 0.500. The Hall–Kier alpha value is -0.380. The van der Waals surface area contributed by atoms with Crippen molar-refractivity contribution in [3.05, 3.63) is 33.8 Å². The lowest BCUT2D eigenvalue weighted by molar-refractivity contribution is 0.588. The van der Waals surface area contributed by atoms with Crippen molar-refractivity contribution in [2.75, 3.05) is 6.54 Å². The molecule has 3 N–H and O–H groups in total. The highest BCUT2D eigenvalue weighted by Gasteiger charge is 1.99. The van der Waals surface area contributed by atoms with Gasteiger partial charge in [0.25, 0.3) is 0 Å². The summed E-state index contributed by atoms with van der Waals surface area (Å²) in [5, 5.41) is 3.40. The number of nitrogens with two attached hydrogens (primary N) is 1. The highest BCUT2D eigenvalue weighted by Crippen LogP contribution is 2.15. The highest BCUT2D eigenvalue weighted by molar-refractivity contribution is 9.10. The van der Waals surface area contributed by atoms with Gasteiger partial charge in [-0.1, -0.05) is 22.0 Å². The van der Waals surface area contributed by atoms with Crippen molar-refractivity contribution in [1.29, 1.82) is 0 Å². The van der Waals surface area contributed by atoms with Crippen LogP contribution >= 0.6 is 15.9 Å².